The second kappa shape index (κ2) is 7.02. The van der Waals surface area contributed by atoms with Gasteiger partial charge in [-0.15, -0.1) is 5.10 Å². The average molecular weight is 467 g/mol. The van der Waals surface area contributed by atoms with E-state index < -0.39 is 18.3 Å². The van der Waals surface area contributed by atoms with Gasteiger partial charge in [0.15, 0.2) is 17.3 Å². The van der Waals surface area contributed by atoms with E-state index in [2.05, 4.69) is 30.6 Å². The van der Waals surface area contributed by atoms with Crippen molar-refractivity contribution in [2.24, 2.45) is 7.05 Å². The Labute approximate surface area is 191 Å². The van der Waals surface area contributed by atoms with E-state index in [9.17, 15) is 13.2 Å². The smallest absolute Gasteiger partial charge is 0.363 e. The predicted molar refractivity (Wildman–Crippen MR) is 118 cm³/mol. The summed E-state index contributed by atoms with van der Waals surface area (Å²) in [6.07, 6.45) is -1.50. The average Bonchev–Trinajstić information content (AvgIpc) is 3.50. The van der Waals surface area contributed by atoms with Crippen LogP contribution in [0.1, 0.15) is 35.2 Å². The van der Waals surface area contributed by atoms with Crippen molar-refractivity contribution in [3.05, 3.63) is 53.5 Å². The monoisotopic (exact) mass is 467 g/mol. The van der Waals surface area contributed by atoms with E-state index in [4.69, 9.17) is 0 Å². The molecular formula is C22H20F3N9. The highest BCUT2D eigenvalue weighted by atomic mass is 19.4. The number of alkyl halides is 3. The molecule has 4 aromatic heterocycles. The number of aryl methyl sites for hydroxylation is 3. The lowest BCUT2D eigenvalue weighted by Crippen LogP contribution is -2.35. The SMILES string of the molecule is Cc1ccc([C@@H]2C[C@@H](C(F)(F)F)n3nc(-c4nc5c6cnn(C)c6ncn5n4)cc3N2)cc1C. The first-order chi connectivity index (χ1) is 16.2. The molecule has 1 aliphatic heterocycles. The lowest BCUT2D eigenvalue weighted by Gasteiger charge is -2.33. The summed E-state index contributed by atoms with van der Waals surface area (Å²) in [5.41, 5.74) is 4.32. The zero-order chi connectivity index (χ0) is 23.8. The Balaban J connectivity index is 1.44. The quantitative estimate of drug-likeness (QED) is 0.420. The number of fused-ring (bicyclic) bond motifs is 4. The lowest BCUT2D eigenvalue weighted by molar-refractivity contribution is -0.173. The van der Waals surface area contributed by atoms with Gasteiger partial charge in [0.2, 0.25) is 5.82 Å². The second-order valence-corrected chi connectivity index (χ2v) is 8.65. The van der Waals surface area contributed by atoms with Crippen LogP contribution in [0.25, 0.3) is 28.2 Å². The van der Waals surface area contributed by atoms with Crippen LogP contribution in [0.2, 0.25) is 0 Å². The number of benzene rings is 1. The molecule has 6 rings (SSSR count). The van der Waals surface area contributed by atoms with Crippen molar-refractivity contribution in [1.82, 2.24) is 39.1 Å². The number of nitrogens with zero attached hydrogens (tertiary/aromatic N) is 8. The normalized spacial score (nSPS) is 18.4. The van der Waals surface area contributed by atoms with Crippen molar-refractivity contribution in [3.8, 4) is 11.5 Å². The van der Waals surface area contributed by atoms with Gasteiger partial charge in [-0.1, -0.05) is 18.2 Å². The highest BCUT2D eigenvalue weighted by Crippen LogP contribution is 2.44. The molecule has 0 fully saturated rings. The Bertz CT molecular complexity index is 1560. The number of aromatic nitrogens is 8. The van der Waals surface area contributed by atoms with E-state index in [0.29, 0.717) is 16.7 Å². The molecule has 0 aliphatic carbocycles. The third-order valence-corrected chi connectivity index (χ3v) is 6.42. The Morgan fingerprint density at radius 1 is 1.06 bits per heavy atom. The number of anilines is 1. The minimum Gasteiger partial charge on any atom is -0.363 e. The van der Waals surface area contributed by atoms with Crippen LogP contribution in [0.4, 0.5) is 19.0 Å². The van der Waals surface area contributed by atoms with Gasteiger partial charge in [0.25, 0.3) is 0 Å². The first kappa shape index (κ1) is 20.6. The molecule has 1 aliphatic rings. The van der Waals surface area contributed by atoms with Crippen molar-refractivity contribution in [3.63, 3.8) is 0 Å². The Morgan fingerprint density at radius 2 is 1.88 bits per heavy atom. The third kappa shape index (κ3) is 3.12. The van der Waals surface area contributed by atoms with Crippen LogP contribution in [0.3, 0.4) is 0 Å². The maximum atomic E-state index is 14.1. The highest BCUT2D eigenvalue weighted by molar-refractivity contribution is 5.88. The van der Waals surface area contributed by atoms with Gasteiger partial charge in [0, 0.05) is 19.5 Å². The molecule has 0 saturated carbocycles. The minimum atomic E-state index is -4.46. The second-order valence-electron chi connectivity index (χ2n) is 8.65. The van der Waals surface area contributed by atoms with Gasteiger partial charge < -0.3 is 5.32 Å². The molecule has 0 saturated heterocycles. The highest BCUT2D eigenvalue weighted by Gasteiger charge is 2.46. The summed E-state index contributed by atoms with van der Waals surface area (Å²) >= 11 is 0. The van der Waals surface area contributed by atoms with Gasteiger partial charge in [-0.3, -0.25) is 4.68 Å². The number of rotatable bonds is 2. The fourth-order valence-electron chi connectivity index (χ4n) is 4.43. The molecule has 1 N–H and O–H groups in total. The standard InChI is InChI=1S/C22H20F3N9/c1-11-4-5-13(6-12(11)2)15-7-17(22(23,24)25)34-18(28-15)8-16(30-34)19-29-21-14-9-27-32(3)20(14)26-10-33(21)31-19/h4-6,8-10,15,17,28H,7H2,1-3H3/t15-,17-/m0/s1. The molecule has 1 aromatic carbocycles. The molecule has 34 heavy (non-hydrogen) atoms. The van der Waals surface area contributed by atoms with Crippen LogP contribution in [-0.4, -0.2) is 45.3 Å². The Morgan fingerprint density at radius 3 is 2.65 bits per heavy atom. The fourth-order valence-corrected chi connectivity index (χ4v) is 4.43. The molecule has 0 radical (unpaired) electrons. The number of halogens is 3. The molecule has 5 heterocycles. The number of hydrogen-bond acceptors (Lipinski definition) is 6. The summed E-state index contributed by atoms with van der Waals surface area (Å²) in [6, 6.07) is 5.03. The maximum Gasteiger partial charge on any atom is 0.410 e. The molecule has 2 atom stereocenters. The van der Waals surface area contributed by atoms with Crippen molar-refractivity contribution >= 4 is 22.5 Å². The van der Waals surface area contributed by atoms with Gasteiger partial charge in [0.05, 0.1) is 17.6 Å². The molecule has 0 bridgehead atoms. The van der Waals surface area contributed by atoms with E-state index >= 15 is 0 Å². The van der Waals surface area contributed by atoms with Crippen LogP contribution in [-0.2, 0) is 7.05 Å². The summed E-state index contributed by atoms with van der Waals surface area (Å²) < 4.78 is 46.3. The topological polar surface area (TPSA) is 90.8 Å². The number of hydrogen-bond donors (Lipinski definition) is 1. The van der Waals surface area contributed by atoms with Gasteiger partial charge in [0.1, 0.15) is 17.8 Å². The summed E-state index contributed by atoms with van der Waals surface area (Å²) in [5.74, 6) is 0.487. The van der Waals surface area contributed by atoms with Crippen molar-refractivity contribution in [2.75, 3.05) is 5.32 Å². The van der Waals surface area contributed by atoms with Crippen LogP contribution in [0.5, 0.6) is 0 Å². The van der Waals surface area contributed by atoms with Crippen molar-refractivity contribution in [2.45, 2.75) is 38.5 Å². The Hall–Kier alpha value is -3.96. The lowest BCUT2D eigenvalue weighted by atomic mass is 9.94. The Kier molecular flexibility index (Phi) is 4.26. The molecule has 12 heteroatoms. The molecule has 5 aromatic rings. The van der Waals surface area contributed by atoms with E-state index in [0.717, 1.165) is 21.4 Å². The molecule has 0 amide bonds. The van der Waals surface area contributed by atoms with E-state index in [1.54, 1.807) is 24.0 Å². The first-order valence-electron chi connectivity index (χ1n) is 10.7. The van der Waals surface area contributed by atoms with Gasteiger partial charge in [-0.05, 0) is 30.5 Å². The largest absolute Gasteiger partial charge is 0.410 e. The van der Waals surface area contributed by atoms with Crippen LogP contribution < -0.4 is 5.32 Å². The van der Waals surface area contributed by atoms with E-state index in [1.807, 2.05) is 32.0 Å². The minimum absolute atomic E-state index is 0.168. The van der Waals surface area contributed by atoms with E-state index in [1.165, 1.54) is 10.8 Å². The summed E-state index contributed by atoms with van der Waals surface area (Å²) in [7, 11) is 1.77. The van der Waals surface area contributed by atoms with Gasteiger partial charge in [-0.2, -0.15) is 23.4 Å². The predicted octanol–water partition coefficient (Wildman–Crippen LogP) is 4.15. The van der Waals surface area contributed by atoms with Crippen LogP contribution >= 0.6 is 0 Å². The molecule has 0 unspecified atom stereocenters. The number of nitrogens with one attached hydrogen (secondary N) is 1. The maximum absolute atomic E-state index is 14.1. The van der Waals surface area contributed by atoms with Crippen LogP contribution in [0, 0.1) is 13.8 Å². The van der Waals surface area contributed by atoms with Gasteiger partial charge in [-0.25, -0.2) is 19.2 Å². The zero-order valence-electron chi connectivity index (χ0n) is 18.5. The van der Waals surface area contributed by atoms with Gasteiger partial charge >= 0.3 is 6.18 Å². The third-order valence-electron chi connectivity index (χ3n) is 6.42. The summed E-state index contributed by atoms with van der Waals surface area (Å²) in [4.78, 5) is 8.84. The summed E-state index contributed by atoms with van der Waals surface area (Å²) in [5, 5.41) is 16.8. The summed E-state index contributed by atoms with van der Waals surface area (Å²) in [6.45, 7) is 3.93. The molecular weight excluding hydrogens is 447 g/mol. The van der Waals surface area contributed by atoms with E-state index in [-0.39, 0.29) is 23.8 Å². The van der Waals surface area contributed by atoms with Crippen molar-refractivity contribution < 1.29 is 13.2 Å². The molecule has 174 valence electrons. The van der Waals surface area contributed by atoms with Crippen molar-refractivity contribution in [1.29, 1.82) is 0 Å². The molecule has 0 spiro atoms. The van der Waals surface area contributed by atoms with Crippen LogP contribution in [0.15, 0.2) is 36.8 Å². The first-order valence-corrected chi connectivity index (χ1v) is 10.7. The molecule has 9 nitrogen and oxygen atoms in total. The zero-order valence-corrected chi connectivity index (χ0v) is 18.5. The fraction of sp³-hybridized carbons (Fsp3) is 0.318.